The predicted molar refractivity (Wildman–Crippen MR) is 116 cm³/mol. The van der Waals surface area contributed by atoms with Gasteiger partial charge in [0.1, 0.15) is 26.2 Å². The second kappa shape index (κ2) is 7.92. The molecule has 3 N–H and O–H groups in total. The fourth-order valence-electron chi connectivity index (χ4n) is 4.33. The lowest BCUT2D eigenvalue weighted by molar-refractivity contribution is -1.02. The van der Waals surface area contributed by atoms with Crippen molar-refractivity contribution >= 4 is 10.9 Å². The highest BCUT2D eigenvalue weighted by Gasteiger charge is 2.39. The third kappa shape index (κ3) is 3.77. The summed E-state index contributed by atoms with van der Waals surface area (Å²) >= 11 is 0. The van der Waals surface area contributed by atoms with Crippen molar-refractivity contribution in [3.05, 3.63) is 51.6 Å². The van der Waals surface area contributed by atoms with Crippen molar-refractivity contribution in [3.63, 3.8) is 0 Å². The first-order valence-electron chi connectivity index (χ1n) is 10.9. The molecule has 1 aliphatic heterocycles. The van der Waals surface area contributed by atoms with E-state index in [1.54, 1.807) is 0 Å². The number of quaternary nitrogens is 2. The van der Waals surface area contributed by atoms with E-state index in [-0.39, 0.29) is 17.1 Å². The topological polar surface area (TPSA) is 85.3 Å². The van der Waals surface area contributed by atoms with Gasteiger partial charge in [0.05, 0.1) is 18.2 Å². The van der Waals surface area contributed by atoms with Crippen molar-refractivity contribution in [2.24, 2.45) is 0 Å². The zero-order chi connectivity index (χ0) is 21.5. The number of benzene rings is 1. The summed E-state index contributed by atoms with van der Waals surface area (Å²) < 4.78 is 1.93. The third-order valence-electron chi connectivity index (χ3n) is 6.69. The molecule has 0 spiro atoms. The Balaban J connectivity index is 1.88. The van der Waals surface area contributed by atoms with E-state index in [9.17, 15) is 4.79 Å². The second-order valence-electron chi connectivity index (χ2n) is 9.31. The van der Waals surface area contributed by atoms with Crippen molar-refractivity contribution < 1.29 is 9.80 Å². The maximum Gasteiger partial charge on any atom is 0.258 e. The smallest absolute Gasteiger partial charge is 0.258 e. The van der Waals surface area contributed by atoms with E-state index in [4.69, 9.17) is 0 Å². The zero-order valence-electron chi connectivity index (χ0n) is 18.6. The van der Waals surface area contributed by atoms with Gasteiger partial charge in [0.15, 0.2) is 6.04 Å². The Kier molecular flexibility index (Phi) is 5.46. The molecule has 3 aromatic rings. The fourth-order valence-corrected chi connectivity index (χ4v) is 4.33. The molecule has 1 saturated heterocycles. The van der Waals surface area contributed by atoms with E-state index in [0.29, 0.717) is 0 Å². The highest BCUT2D eigenvalue weighted by atomic mass is 16.1. The average molecular weight is 412 g/mol. The van der Waals surface area contributed by atoms with Gasteiger partial charge in [-0.3, -0.25) is 4.79 Å². The number of aryl methyl sites for hydroxylation is 1. The SMILES string of the molecule is CCC(C)(C)n1nnnc1[C@H](c1cc2ccc(C)cc2[nH]c1=O)[NH+]1CC[NH+](C)CC1. The molecule has 8 nitrogen and oxygen atoms in total. The lowest BCUT2D eigenvalue weighted by Crippen LogP contribution is -3.27. The molecular weight excluding hydrogens is 378 g/mol. The molecule has 0 unspecified atom stereocenters. The molecule has 0 saturated carbocycles. The minimum absolute atomic E-state index is 0.0549. The molecule has 30 heavy (non-hydrogen) atoms. The van der Waals surface area contributed by atoms with Crippen LogP contribution >= 0.6 is 0 Å². The zero-order valence-corrected chi connectivity index (χ0v) is 18.6. The Morgan fingerprint density at radius 1 is 1.20 bits per heavy atom. The van der Waals surface area contributed by atoms with E-state index in [0.717, 1.165) is 60.5 Å². The summed E-state index contributed by atoms with van der Waals surface area (Å²) in [4.78, 5) is 19.2. The number of nitrogens with zero attached hydrogens (tertiary/aromatic N) is 4. The van der Waals surface area contributed by atoms with Gasteiger partial charge in [-0.2, -0.15) is 0 Å². The molecule has 0 aliphatic carbocycles. The number of tetrazole rings is 1. The number of likely N-dealkylation sites (N-methyl/N-ethyl adjacent to an activating group) is 1. The largest absolute Gasteiger partial charge is 0.328 e. The first-order valence-corrected chi connectivity index (χ1v) is 10.9. The number of hydrogen-bond acceptors (Lipinski definition) is 4. The predicted octanol–water partition coefficient (Wildman–Crippen LogP) is -0.529. The standard InChI is InChI=1S/C22H31N7O/c1-6-22(3,4)29-20(24-25-26-29)19(28-11-9-27(5)10-12-28)17-14-16-8-7-15(2)13-18(16)23-21(17)30/h7-8,13-14,19H,6,9-12H2,1-5H3,(H,23,30)/p+2/t19-/m0/s1. The highest BCUT2D eigenvalue weighted by Crippen LogP contribution is 2.25. The van der Waals surface area contributed by atoms with Crippen LogP contribution in [0.3, 0.4) is 0 Å². The van der Waals surface area contributed by atoms with Crippen LogP contribution in [0.5, 0.6) is 0 Å². The molecule has 1 aliphatic rings. The van der Waals surface area contributed by atoms with Crippen LogP contribution in [0.4, 0.5) is 0 Å². The normalized spacial score (nSPS) is 21.1. The Morgan fingerprint density at radius 3 is 2.63 bits per heavy atom. The molecule has 1 atom stereocenters. The Bertz CT molecular complexity index is 1090. The van der Waals surface area contributed by atoms with Crippen molar-refractivity contribution in [2.75, 3.05) is 33.2 Å². The number of nitrogens with one attached hydrogen (secondary N) is 3. The van der Waals surface area contributed by atoms with Gasteiger partial charge >= 0.3 is 0 Å². The van der Waals surface area contributed by atoms with Gasteiger partial charge in [-0.25, -0.2) is 4.68 Å². The van der Waals surface area contributed by atoms with Gasteiger partial charge in [0.2, 0.25) is 5.82 Å². The molecule has 1 fully saturated rings. The third-order valence-corrected chi connectivity index (χ3v) is 6.69. The molecule has 8 heteroatoms. The van der Waals surface area contributed by atoms with E-state index in [2.05, 4.69) is 60.5 Å². The van der Waals surface area contributed by atoms with Crippen molar-refractivity contribution in [2.45, 2.75) is 45.7 Å². The Hall–Kier alpha value is -2.58. The fraction of sp³-hybridized carbons (Fsp3) is 0.545. The first kappa shape index (κ1) is 20.7. The van der Waals surface area contributed by atoms with E-state index in [1.807, 2.05) is 23.7 Å². The van der Waals surface area contributed by atoms with Crippen molar-refractivity contribution in [3.8, 4) is 0 Å². The van der Waals surface area contributed by atoms with Gasteiger partial charge in [-0.15, -0.1) is 5.10 Å². The van der Waals surface area contributed by atoms with Crippen LogP contribution < -0.4 is 15.4 Å². The molecular formula is C22H33N7O+2. The van der Waals surface area contributed by atoms with Gasteiger partial charge in [-0.1, -0.05) is 19.1 Å². The number of hydrogen-bond donors (Lipinski definition) is 3. The maximum absolute atomic E-state index is 13.3. The molecule has 4 rings (SSSR count). The van der Waals surface area contributed by atoms with E-state index in [1.165, 1.54) is 9.80 Å². The summed E-state index contributed by atoms with van der Waals surface area (Å²) in [6.45, 7) is 12.5. The van der Waals surface area contributed by atoms with E-state index >= 15 is 0 Å². The average Bonchev–Trinajstić information content (AvgIpc) is 3.20. The number of piperazine rings is 1. The summed E-state index contributed by atoms with van der Waals surface area (Å²) in [5.41, 5.74) is 2.46. The van der Waals surface area contributed by atoms with Gasteiger partial charge in [-0.05, 0) is 60.7 Å². The van der Waals surface area contributed by atoms with Crippen LogP contribution in [0.25, 0.3) is 10.9 Å². The number of rotatable bonds is 5. The number of fused-ring (bicyclic) bond motifs is 1. The Morgan fingerprint density at radius 2 is 1.93 bits per heavy atom. The molecule has 1 aromatic carbocycles. The van der Waals surface area contributed by atoms with Crippen LogP contribution in [-0.4, -0.2) is 58.4 Å². The molecule has 2 aromatic heterocycles. The second-order valence-corrected chi connectivity index (χ2v) is 9.31. The van der Waals surface area contributed by atoms with Crippen LogP contribution in [0, 0.1) is 6.92 Å². The maximum atomic E-state index is 13.3. The van der Waals surface area contributed by atoms with Crippen molar-refractivity contribution in [1.29, 1.82) is 0 Å². The minimum Gasteiger partial charge on any atom is -0.328 e. The van der Waals surface area contributed by atoms with E-state index < -0.39 is 0 Å². The number of H-pyrrole nitrogens is 1. The van der Waals surface area contributed by atoms with Crippen molar-refractivity contribution in [1.82, 2.24) is 25.2 Å². The summed E-state index contributed by atoms with van der Waals surface area (Å²) in [6, 6.07) is 8.01. The number of aromatic nitrogens is 5. The first-order chi connectivity index (χ1) is 14.3. The summed E-state index contributed by atoms with van der Waals surface area (Å²) in [7, 11) is 2.22. The van der Waals surface area contributed by atoms with Crippen LogP contribution in [0.1, 0.15) is 50.2 Å². The van der Waals surface area contributed by atoms with Crippen LogP contribution in [0.2, 0.25) is 0 Å². The number of pyridine rings is 1. The van der Waals surface area contributed by atoms with Gasteiger partial charge < -0.3 is 14.8 Å². The molecule has 3 heterocycles. The minimum atomic E-state index is -0.227. The van der Waals surface area contributed by atoms with Crippen LogP contribution in [-0.2, 0) is 5.54 Å². The molecule has 0 bridgehead atoms. The molecule has 0 radical (unpaired) electrons. The molecule has 160 valence electrons. The number of aromatic amines is 1. The summed E-state index contributed by atoms with van der Waals surface area (Å²) in [6.07, 6.45) is 0.896. The monoisotopic (exact) mass is 411 g/mol. The quantitative estimate of drug-likeness (QED) is 0.527. The Labute approximate surface area is 176 Å². The lowest BCUT2D eigenvalue weighted by atomic mass is 9.98. The van der Waals surface area contributed by atoms with Crippen LogP contribution in [0.15, 0.2) is 29.1 Å². The summed E-state index contributed by atoms with van der Waals surface area (Å²) in [5.74, 6) is 0.772. The molecule has 0 amide bonds. The van der Waals surface area contributed by atoms with Gasteiger partial charge in [0, 0.05) is 5.52 Å². The van der Waals surface area contributed by atoms with Gasteiger partial charge in [0.25, 0.3) is 5.56 Å². The summed E-state index contributed by atoms with van der Waals surface area (Å²) in [5, 5.41) is 13.9. The highest BCUT2D eigenvalue weighted by molar-refractivity contribution is 5.79. The lowest BCUT2D eigenvalue weighted by Gasteiger charge is -2.34.